The number of ether oxygens (including phenoxy) is 2. The molecule has 3 heterocycles. The summed E-state index contributed by atoms with van der Waals surface area (Å²) in [6.45, 7) is 12.1. The van der Waals surface area contributed by atoms with Crippen LogP contribution in [-0.4, -0.2) is 130 Å². The zero-order valence-electron chi connectivity index (χ0n) is 23.4. The standard InChI is InChI=1S/C17H32N4O2S.C9H12OS.CH4O/c1-19-5-2-16(3-6-19)20-7-9-21(10-8-20)17(22)13-23-12-15-14-24-11-4-18-15;1-6-4-8(10-3)5-7(2)9(6)11;1-2/h15-16,18H,2-14H2,1H3;4-5,11H,1-3H3;2H,1H3. The Morgan fingerprint density at radius 3 is 2.27 bits per heavy atom. The SMILES string of the molecule is CN1CCC(N2CCN(C(=O)COCC3CSCCN3)CC2)CC1.CO.COc1cc(C)c(S)c(C)c1. The molecule has 1 aromatic rings. The summed E-state index contributed by atoms with van der Waals surface area (Å²) in [7, 11) is 4.88. The third kappa shape index (κ3) is 10.9. The Kier molecular flexibility index (Phi) is 15.3. The lowest BCUT2D eigenvalue weighted by Crippen LogP contribution is -2.54. The van der Waals surface area contributed by atoms with E-state index >= 15 is 0 Å². The number of carbonyl (C=O) groups is 1. The molecule has 212 valence electrons. The summed E-state index contributed by atoms with van der Waals surface area (Å²) in [5.74, 6) is 3.32. The maximum atomic E-state index is 12.3. The minimum atomic E-state index is 0.154. The van der Waals surface area contributed by atoms with Crippen LogP contribution >= 0.6 is 24.4 Å². The van der Waals surface area contributed by atoms with Gasteiger partial charge in [0, 0.05) is 68.3 Å². The third-order valence-electron chi connectivity index (χ3n) is 7.11. The van der Waals surface area contributed by atoms with Gasteiger partial charge in [-0.15, -0.1) is 12.6 Å². The summed E-state index contributed by atoms with van der Waals surface area (Å²) >= 11 is 6.30. The van der Waals surface area contributed by atoms with E-state index in [-0.39, 0.29) is 12.5 Å². The summed E-state index contributed by atoms with van der Waals surface area (Å²) in [6, 6.07) is 5.08. The first-order valence-corrected chi connectivity index (χ1v) is 14.9. The van der Waals surface area contributed by atoms with Gasteiger partial charge in [-0.05, 0) is 70.1 Å². The van der Waals surface area contributed by atoms with Crippen molar-refractivity contribution >= 4 is 30.3 Å². The molecule has 3 aliphatic rings. The Bertz CT molecular complexity index is 772. The van der Waals surface area contributed by atoms with Crippen molar-refractivity contribution in [1.82, 2.24) is 20.0 Å². The van der Waals surface area contributed by atoms with Crippen molar-refractivity contribution in [1.29, 1.82) is 0 Å². The van der Waals surface area contributed by atoms with Crippen LogP contribution in [0.2, 0.25) is 0 Å². The molecule has 3 aliphatic heterocycles. The van der Waals surface area contributed by atoms with E-state index in [1.165, 1.54) is 31.7 Å². The number of thiol groups is 1. The van der Waals surface area contributed by atoms with E-state index < -0.39 is 0 Å². The number of nitrogens with one attached hydrogen (secondary N) is 1. The van der Waals surface area contributed by atoms with Gasteiger partial charge in [-0.1, -0.05) is 0 Å². The number of benzene rings is 1. The fraction of sp³-hybridized carbons (Fsp3) is 0.741. The first-order chi connectivity index (χ1) is 17.9. The lowest BCUT2D eigenvalue weighted by atomic mass is 10.0. The monoisotopic (exact) mass is 556 g/mol. The second-order valence-electron chi connectivity index (χ2n) is 9.80. The summed E-state index contributed by atoms with van der Waals surface area (Å²) in [4.78, 5) is 20.3. The number of hydrogen-bond donors (Lipinski definition) is 3. The summed E-state index contributed by atoms with van der Waals surface area (Å²) in [5, 5.41) is 10.4. The number of aliphatic hydroxyl groups excluding tert-OH is 1. The largest absolute Gasteiger partial charge is 0.497 e. The molecule has 2 N–H and O–H groups in total. The van der Waals surface area contributed by atoms with Crippen LogP contribution in [0.1, 0.15) is 24.0 Å². The quantitative estimate of drug-likeness (QED) is 0.461. The van der Waals surface area contributed by atoms with Gasteiger partial charge < -0.3 is 29.7 Å². The van der Waals surface area contributed by atoms with Crippen molar-refractivity contribution in [3.8, 4) is 5.75 Å². The first-order valence-electron chi connectivity index (χ1n) is 13.3. The first kappa shape index (κ1) is 32.2. The van der Waals surface area contributed by atoms with Gasteiger partial charge in [0.15, 0.2) is 0 Å². The molecule has 8 nitrogen and oxygen atoms in total. The van der Waals surface area contributed by atoms with Crippen molar-refractivity contribution in [3.63, 3.8) is 0 Å². The van der Waals surface area contributed by atoms with Crippen LogP contribution in [-0.2, 0) is 9.53 Å². The Labute approximate surface area is 233 Å². The molecular weight excluding hydrogens is 508 g/mol. The molecule has 0 bridgehead atoms. The smallest absolute Gasteiger partial charge is 0.248 e. The summed E-state index contributed by atoms with van der Waals surface area (Å²) in [5.41, 5.74) is 2.32. The number of nitrogens with zero attached hydrogens (tertiary/aromatic N) is 3. The molecule has 0 aliphatic carbocycles. The van der Waals surface area contributed by atoms with Crippen molar-refractivity contribution in [2.45, 2.75) is 43.7 Å². The maximum Gasteiger partial charge on any atom is 0.248 e. The van der Waals surface area contributed by atoms with E-state index in [2.05, 4.69) is 34.8 Å². The Hall–Kier alpha value is -1.01. The van der Waals surface area contributed by atoms with Crippen LogP contribution in [0, 0.1) is 13.8 Å². The average molecular weight is 557 g/mol. The molecule has 37 heavy (non-hydrogen) atoms. The predicted octanol–water partition coefficient (Wildman–Crippen LogP) is 2.16. The van der Waals surface area contributed by atoms with Gasteiger partial charge in [0.2, 0.25) is 5.91 Å². The Balaban J connectivity index is 0.000000311. The molecule has 1 aromatic carbocycles. The van der Waals surface area contributed by atoms with Crippen LogP contribution in [0.25, 0.3) is 0 Å². The topological polar surface area (TPSA) is 77.5 Å². The molecule has 4 rings (SSSR count). The van der Waals surface area contributed by atoms with Gasteiger partial charge in [0.05, 0.1) is 13.7 Å². The van der Waals surface area contributed by atoms with Gasteiger partial charge in [0.25, 0.3) is 0 Å². The molecule has 3 saturated heterocycles. The number of likely N-dealkylation sites (tertiary alicyclic amines) is 1. The van der Waals surface area contributed by atoms with Gasteiger partial charge in [-0.3, -0.25) is 9.69 Å². The number of methoxy groups -OCH3 is 1. The molecule has 0 radical (unpaired) electrons. The van der Waals surface area contributed by atoms with Crippen LogP contribution < -0.4 is 10.1 Å². The van der Waals surface area contributed by atoms with Crippen LogP contribution in [0.15, 0.2) is 17.0 Å². The van der Waals surface area contributed by atoms with Gasteiger partial charge >= 0.3 is 0 Å². The van der Waals surface area contributed by atoms with E-state index in [1.54, 1.807) is 7.11 Å². The second kappa shape index (κ2) is 17.6. The van der Waals surface area contributed by atoms with Gasteiger partial charge in [0.1, 0.15) is 12.4 Å². The van der Waals surface area contributed by atoms with Crippen molar-refractivity contribution < 1.29 is 19.4 Å². The maximum absolute atomic E-state index is 12.3. The van der Waals surface area contributed by atoms with E-state index in [0.717, 1.165) is 67.4 Å². The highest BCUT2D eigenvalue weighted by Gasteiger charge is 2.28. The fourth-order valence-corrected chi connectivity index (χ4v) is 5.89. The second-order valence-corrected chi connectivity index (χ2v) is 11.4. The molecule has 1 unspecified atom stereocenters. The van der Waals surface area contributed by atoms with Crippen molar-refractivity contribution in [2.24, 2.45) is 0 Å². The lowest BCUT2D eigenvalue weighted by Gasteiger charge is -2.42. The van der Waals surface area contributed by atoms with Crippen molar-refractivity contribution in [2.75, 3.05) is 91.8 Å². The van der Waals surface area contributed by atoms with Crippen LogP contribution in [0.3, 0.4) is 0 Å². The Morgan fingerprint density at radius 2 is 1.73 bits per heavy atom. The summed E-state index contributed by atoms with van der Waals surface area (Å²) in [6.07, 6.45) is 2.53. The number of aryl methyl sites for hydroxylation is 2. The molecule has 0 spiro atoms. The van der Waals surface area contributed by atoms with Crippen LogP contribution in [0.5, 0.6) is 5.75 Å². The minimum Gasteiger partial charge on any atom is -0.497 e. The number of amides is 1. The molecule has 0 saturated carbocycles. The van der Waals surface area contributed by atoms with Crippen LogP contribution in [0.4, 0.5) is 0 Å². The highest BCUT2D eigenvalue weighted by molar-refractivity contribution is 7.99. The molecule has 3 fully saturated rings. The lowest BCUT2D eigenvalue weighted by molar-refractivity contribution is -0.138. The highest BCUT2D eigenvalue weighted by atomic mass is 32.2. The number of piperidine rings is 1. The fourth-order valence-electron chi connectivity index (χ4n) is 4.84. The number of hydrogen-bond acceptors (Lipinski definition) is 9. The van der Waals surface area contributed by atoms with E-state index in [4.69, 9.17) is 14.6 Å². The molecule has 10 heteroatoms. The van der Waals surface area contributed by atoms with Gasteiger partial charge in [-0.2, -0.15) is 11.8 Å². The van der Waals surface area contributed by atoms with Gasteiger partial charge in [-0.25, -0.2) is 0 Å². The summed E-state index contributed by atoms with van der Waals surface area (Å²) < 4.78 is 10.8. The zero-order chi connectivity index (χ0) is 27.2. The van der Waals surface area contributed by atoms with E-state index in [9.17, 15) is 4.79 Å². The van der Waals surface area contributed by atoms with Crippen molar-refractivity contribution in [3.05, 3.63) is 23.3 Å². The number of rotatable bonds is 6. The molecule has 1 atom stereocenters. The number of aliphatic hydroxyl groups is 1. The third-order valence-corrected chi connectivity index (χ3v) is 8.95. The number of piperazine rings is 1. The average Bonchev–Trinajstić information content (AvgIpc) is 2.94. The molecule has 1 amide bonds. The number of carbonyl (C=O) groups excluding carboxylic acids is 1. The number of thioether (sulfide) groups is 1. The molecule has 0 aromatic heterocycles. The zero-order valence-corrected chi connectivity index (χ0v) is 25.1. The minimum absolute atomic E-state index is 0.154. The van der Waals surface area contributed by atoms with E-state index in [1.807, 2.05) is 42.6 Å². The predicted molar refractivity (Wildman–Crippen MR) is 156 cm³/mol. The highest BCUT2D eigenvalue weighted by Crippen LogP contribution is 2.24. The van der Waals surface area contributed by atoms with E-state index in [0.29, 0.717) is 18.7 Å². The Morgan fingerprint density at radius 1 is 1.11 bits per heavy atom. The molecular formula is C27H48N4O4S2. The normalized spacial score (nSPS) is 21.4.